The normalized spacial score (nSPS) is 14.2. The van der Waals surface area contributed by atoms with E-state index in [2.05, 4.69) is 65.1 Å². The number of benzene rings is 1. The van der Waals surface area contributed by atoms with Crippen molar-refractivity contribution in [2.24, 2.45) is 11.3 Å². The molecule has 2 heteroatoms. The van der Waals surface area contributed by atoms with Gasteiger partial charge in [-0.1, -0.05) is 44.5 Å². The van der Waals surface area contributed by atoms with E-state index in [1.165, 1.54) is 18.4 Å². The van der Waals surface area contributed by atoms with Crippen molar-refractivity contribution in [1.29, 1.82) is 0 Å². The first-order valence-electron chi connectivity index (χ1n) is 8.05. The van der Waals surface area contributed by atoms with E-state index in [1.54, 1.807) is 0 Å². The van der Waals surface area contributed by atoms with Gasteiger partial charge in [-0.25, -0.2) is 0 Å². The van der Waals surface area contributed by atoms with Crippen LogP contribution in [0.2, 0.25) is 5.02 Å². The molecule has 21 heavy (non-hydrogen) atoms. The van der Waals surface area contributed by atoms with Crippen LogP contribution in [0.15, 0.2) is 24.3 Å². The molecule has 1 unspecified atom stereocenters. The molecular formula is C19H32ClN. The zero-order valence-corrected chi connectivity index (χ0v) is 15.3. The highest BCUT2D eigenvalue weighted by atomic mass is 35.5. The van der Waals surface area contributed by atoms with Crippen LogP contribution >= 0.6 is 11.6 Å². The number of rotatable bonds is 6. The monoisotopic (exact) mass is 309 g/mol. The summed E-state index contributed by atoms with van der Waals surface area (Å²) in [5, 5.41) is 4.50. The lowest BCUT2D eigenvalue weighted by Crippen LogP contribution is -2.39. The maximum Gasteiger partial charge on any atom is 0.0408 e. The molecule has 0 spiro atoms. The van der Waals surface area contributed by atoms with Crippen LogP contribution in [-0.4, -0.2) is 12.1 Å². The molecule has 1 aromatic rings. The zero-order chi connectivity index (χ0) is 16.1. The Kier molecular flexibility index (Phi) is 6.74. The van der Waals surface area contributed by atoms with Gasteiger partial charge in [0.25, 0.3) is 0 Å². The third-order valence-electron chi connectivity index (χ3n) is 3.64. The Bertz CT molecular complexity index is 408. The van der Waals surface area contributed by atoms with Gasteiger partial charge in [-0.15, -0.1) is 0 Å². The van der Waals surface area contributed by atoms with E-state index in [1.807, 2.05) is 6.07 Å². The summed E-state index contributed by atoms with van der Waals surface area (Å²) in [6.07, 6.45) is 3.60. The number of hydrogen-bond donors (Lipinski definition) is 1. The van der Waals surface area contributed by atoms with Crippen LogP contribution in [0.5, 0.6) is 0 Å². The molecule has 1 atom stereocenters. The molecule has 0 heterocycles. The van der Waals surface area contributed by atoms with Crippen molar-refractivity contribution < 1.29 is 0 Å². The molecule has 1 N–H and O–H groups in total. The maximum absolute atomic E-state index is 6.11. The molecule has 1 nitrogen and oxygen atoms in total. The summed E-state index contributed by atoms with van der Waals surface area (Å²) in [5.41, 5.74) is 1.92. The van der Waals surface area contributed by atoms with Gasteiger partial charge >= 0.3 is 0 Å². The topological polar surface area (TPSA) is 12.0 Å². The van der Waals surface area contributed by atoms with Crippen LogP contribution in [0.3, 0.4) is 0 Å². The Morgan fingerprint density at radius 2 is 1.76 bits per heavy atom. The third kappa shape index (κ3) is 9.16. The molecule has 1 aromatic carbocycles. The fourth-order valence-corrected chi connectivity index (χ4v) is 2.57. The molecule has 120 valence electrons. The molecule has 0 aliphatic carbocycles. The minimum atomic E-state index is 0.175. The van der Waals surface area contributed by atoms with Gasteiger partial charge in [0.05, 0.1) is 0 Å². The van der Waals surface area contributed by atoms with Crippen LogP contribution in [0, 0.1) is 11.3 Å². The van der Waals surface area contributed by atoms with Gasteiger partial charge in [-0.05, 0) is 75.6 Å². The molecule has 0 saturated carbocycles. The van der Waals surface area contributed by atoms with E-state index in [-0.39, 0.29) is 5.54 Å². The van der Waals surface area contributed by atoms with Gasteiger partial charge in [0.2, 0.25) is 0 Å². The van der Waals surface area contributed by atoms with Crippen molar-refractivity contribution in [2.75, 3.05) is 6.54 Å². The highest BCUT2D eigenvalue weighted by Crippen LogP contribution is 2.26. The van der Waals surface area contributed by atoms with Crippen LogP contribution in [0.25, 0.3) is 0 Å². The quantitative estimate of drug-likeness (QED) is 0.709. The second-order valence-electron chi connectivity index (χ2n) is 8.43. The molecule has 0 amide bonds. The molecule has 1 rings (SSSR count). The Balaban J connectivity index is 2.66. The predicted octanol–water partition coefficient (Wildman–Crippen LogP) is 5.71. The Morgan fingerprint density at radius 1 is 1.10 bits per heavy atom. The Morgan fingerprint density at radius 3 is 2.29 bits per heavy atom. The second kappa shape index (κ2) is 7.65. The van der Waals surface area contributed by atoms with Gasteiger partial charge in [-0.3, -0.25) is 0 Å². The van der Waals surface area contributed by atoms with Gasteiger partial charge in [0, 0.05) is 10.6 Å². The van der Waals surface area contributed by atoms with E-state index in [4.69, 9.17) is 11.6 Å². The largest absolute Gasteiger partial charge is 0.312 e. The average molecular weight is 310 g/mol. The molecule has 0 bridgehead atoms. The van der Waals surface area contributed by atoms with Crippen molar-refractivity contribution in [2.45, 2.75) is 66.3 Å². The lowest BCUT2D eigenvalue weighted by Gasteiger charge is -2.28. The molecule has 0 radical (unpaired) electrons. The summed E-state index contributed by atoms with van der Waals surface area (Å²) in [6.45, 7) is 14.7. The van der Waals surface area contributed by atoms with Crippen LogP contribution < -0.4 is 5.32 Å². The summed E-state index contributed by atoms with van der Waals surface area (Å²) in [7, 11) is 0. The molecule has 0 aliphatic rings. The first-order chi connectivity index (χ1) is 9.55. The van der Waals surface area contributed by atoms with Crippen molar-refractivity contribution in [3.63, 3.8) is 0 Å². The third-order valence-corrected chi connectivity index (χ3v) is 3.87. The van der Waals surface area contributed by atoms with Gasteiger partial charge in [0.1, 0.15) is 0 Å². The Hall–Kier alpha value is -0.530. The fraction of sp³-hybridized carbons (Fsp3) is 0.684. The predicted molar refractivity (Wildman–Crippen MR) is 95.1 cm³/mol. The first kappa shape index (κ1) is 18.5. The highest BCUT2D eigenvalue weighted by Gasteiger charge is 2.18. The number of hydrogen-bond acceptors (Lipinski definition) is 1. The van der Waals surface area contributed by atoms with Crippen LogP contribution in [0.1, 0.15) is 59.9 Å². The van der Waals surface area contributed by atoms with Crippen molar-refractivity contribution in [3.8, 4) is 0 Å². The highest BCUT2D eigenvalue weighted by molar-refractivity contribution is 6.30. The molecule has 0 aromatic heterocycles. The van der Waals surface area contributed by atoms with Gasteiger partial charge in [0.15, 0.2) is 0 Å². The summed E-state index contributed by atoms with van der Waals surface area (Å²) >= 11 is 6.11. The lowest BCUT2D eigenvalue weighted by atomic mass is 9.84. The summed E-state index contributed by atoms with van der Waals surface area (Å²) < 4.78 is 0. The smallest absolute Gasteiger partial charge is 0.0408 e. The summed E-state index contributed by atoms with van der Waals surface area (Å²) in [4.78, 5) is 0. The standard InChI is InChI=1S/C19H32ClN/c1-18(2,3)11-10-16(14-21-19(4,5)6)12-15-8-7-9-17(20)13-15/h7-9,13,16,21H,10-12,14H2,1-6H3. The van der Waals surface area contributed by atoms with E-state index < -0.39 is 0 Å². The van der Waals surface area contributed by atoms with Gasteiger partial charge < -0.3 is 5.32 Å². The average Bonchev–Trinajstić information content (AvgIpc) is 2.30. The minimum absolute atomic E-state index is 0.175. The molecular weight excluding hydrogens is 278 g/mol. The second-order valence-corrected chi connectivity index (χ2v) is 8.87. The number of nitrogens with one attached hydrogen (secondary N) is 1. The van der Waals surface area contributed by atoms with E-state index in [0.717, 1.165) is 18.0 Å². The number of halogens is 1. The minimum Gasteiger partial charge on any atom is -0.312 e. The molecule has 0 fully saturated rings. The van der Waals surface area contributed by atoms with Crippen LogP contribution in [0.4, 0.5) is 0 Å². The zero-order valence-electron chi connectivity index (χ0n) is 14.6. The molecule has 0 aliphatic heterocycles. The van der Waals surface area contributed by atoms with Crippen molar-refractivity contribution >= 4 is 11.6 Å². The lowest BCUT2D eigenvalue weighted by molar-refractivity contribution is 0.295. The summed E-state index contributed by atoms with van der Waals surface area (Å²) in [5.74, 6) is 0.655. The van der Waals surface area contributed by atoms with Crippen LogP contribution in [-0.2, 0) is 6.42 Å². The molecule has 0 saturated heterocycles. The Labute approximate surface area is 136 Å². The summed E-state index contributed by atoms with van der Waals surface area (Å²) in [6, 6.07) is 8.29. The van der Waals surface area contributed by atoms with Crippen molar-refractivity contribution in [1.82, 2.24) is 5.32 Å². The van der Waals surface area contributed by atoms with E-state index in [9.17, 15) is 0 Å². The van der Waals surface area contributed by atoms with E-state index >= 15 is 0 Å². The maximum atomic E-state index is 6.11. The van der Waals surface area contributed by atoms with Gasteiger partial charge in [-0.2, -0.15) is 0 Å². The van der Waals surface area contributed by atoms with Crippen molar-refractivity contribution in [3.05, 3.63) is 34.9 Å². The van der Waals surface area contributed by atoms with E-state index in [0.29, 0.717) is 11.3 Å². The SMILES string of the molecule is CC(C)(C)CCC(CNC(C)(C)C)Cc1cccc(Cl)c1. The first-order valence-corrected chi connectivity index (χ1v) is 8.42. The fourth-order valence-electron chi connectivity index (χ4n) is 2.36.